The van der Waals surface area contributed by atoms with Gasteiger partial charge in [-0.1, -0.05) is 0 Å². The van der Waals surface area contributed by atoms with Gasteiger partial charge in [0.15, 0.2) is 0 Å². The van der Waals surface area contributed by atoms with Crippen LogP contribution < -0.4 is 10.6 Å². The SMILES string of the molecule is CNc1ncnc(NC2CCCc3sccc32)c1C. The molecule has 100 valence electrons. The molecule has 0 saturated carbocycles. The number of rotatable bonds is 3. The van der Waals surface area contributed by atoms with Gasteiger partial charge in [-0.05, 0) is 43.2 Å². The topological polar surface area (TPSA) is 49.8 Å². The molecule has 1 unspecified atom stereocenters. The Morgan fingerprint density at radius 2 is 2.16 bits per heavy atom. The summed E-state index contributed by atoms with van der Waals surface area (Å²) < 4.78 is 0. The van der Waals surface area contributed by atoms with Gasteiger partial charge in [0.2, 0.25) is 0 Å². The predicted molar refractivity (Wildman–Crippen MR) is 79.9 cm³/mol. The lowest BCUT2D eigenvalue weighted by Gasteiger charge is -2.25. The van der Waals surface area contributed by atoms with Crippen molar-refractivity contribution in [1.29, 1.82) is 0 Å². The van der Waals surface area contributed by atoms with Crippen molar-refractivity contribution in [3.63, 3.8) is 0 Å². The lowest BCUT2D eigenvalue weighted by Crippen LogP contribution is -2.17. The summed E-state index contributed by atoms with van der Waals surface area (Å²) in [4.78, 5) is 10.1. The van der Waals surface area contributed by atoms with Gasteiger partial charge in [-0.25, -0.2) is 9.97 Å². The molecule has 2 aromatic rings. The predicted octanol–water partition coefficient (Wildman–Crippen LogP) is 3.38. The largest absolute Gasteiger partial charge is 0.373 e. The average molecular weight is 274 g/mol. The quantitative estimate of drug-likeness (QED) is 0.901. The van der Waals surface area contributed by atoms with E-state index < -0.39 is 0 Å². The standard InChI is InChI=1S/C14H18N4S/c1-9-13(15-2)16-8-17-14(9)18-11-4-3-5-12-10(11)6-7-19-12/h6-8,11H,3-5H2,1-2H3,(H2,15,16,17,18). The van der Waals surface area contributed by atoms with Gasteiger partial charge in [-0.2, -0.15) is 0 Å². The van der Waals surface area contributed by atoms with Crippen LogP contribution in [0.15, 0.2) is 17.8 Å². The summed E-state index contributed by atoms with van der Waals surface area (Å²) in [7, 11) is 1.89. The highest BCUT2D eigenvalue weighted by Crippen LogP contribution is 2.35. The van der Waals surface area contributed by atoms with Crippen LogP contribution in [0, 0.1) is 6.92 Å². The summed E-state index contributed by atoms with van der Waals surface area (Å²) in [5.41, 5.74) is 2.52. The Morgan fingerprint density at radius 1 is 1.32 bits per heavy atom. The first-order valence-electron chi connectivity index (χ1n) is 6.61. The molecule has 2 heterocycles. The minimum absolute atomic E-state index is 0.383. The minimum Gasteiger partial charge on any atom is -0.373 e. The van der Waals surface area contributed by atoms with Crippen molar-refractivity contribution in [3.05, 3.63) is 33.8 Å². The van der Waals surface area contributed by atoms with Crippen molar-refractivity contribution in [1.82, 2.24) is 9.97 Å². The Balaban J connectivity index is 1.87. The first kappa shape index (κ1) is 12.4. The van der Waals surface area contributed by atoms with Gasteiger partial charge in [-0.15, -0.1) is 11.3 Å². The van der Waals surface area contributed by atoms with E-state index in [-0.39, 0.29) is 0 Å². The van der Waals surface area contributed by atoms with Crippen molar-refractivity contribution in [2.24, 2.45) is 0 Å². The van der Waals surface area contributed by atoms with E-state index in [2.05, 4.69) is 32.0 Å². The maximum Gasteiger partial charge on any atom is 0.134 e. The Kier molecular flexibility index (Phi) is 3.38. The van der Waals surface area contributed by atoms with Gasteiger partial charge in [0.05, 0.1) is 6.04 Å². The normalized spacial score (nSPS) is 17.9. The van der Waals surface area contributed by atoms with Crippen LogP contribution in [0.1, 0.15) is 34.9 Å². The molecule has 2 N–H and O–H groups in total. The lowest BCUT2D eigenvalue weighted by molar-refractivity contribution is 0.606. The van der Waals surface area contributed by atoms with Crippen LogP contribution in [0.2, 0.25) is 0 Å². The molecule has 4 nitrogen and oxygen atoms in total. The zero-order chi connectivity index (χ0) is 13.2. The summed E-state index contributed by atoms with van der Waals surface area (Å²) in [5.74, 6) is 1.82. The van der Waals surface area contributed by atoms with Gasteiger partial charge >= 0.3 is 0 Å². The van der Waals surface area contributed by atoms with Crippen LogP contribution in [-0.4, -0.2) is 17.0 Å². The second-order valence-electron chi connectivity index (χ2n) is 4.83. The van der Waals surface area contributed by atoms with E-state index in [0.717, 1.165) is 17.2 Å². The second-order valence-corrected chi connectivity index (χ2v) is 5.83. The zero-order valence-electron chi connectivity index (χ0n) is 11.2. The first-order valence-corrected chi connectivity index (χ1v) is 7.49. The molecule has 3 rings (SSSR count). The number of hydrogen-bond acceptors (Lipinski definition) is 5. The van der Waals surface area contributed by atoms with E-state index >= 15 is 0 Å². The van der Waals surface area contributed by atoms with E-state index in [1.165, 1.54) is 29.7 Å². The number of nitrogens with zero attached hydrogens (tertiary/aromatic N) is 2. The molecule has 0 radical (unpaired) electrons. The van der Waals surface area contributed by atoms with Crippen molar-refractivity contribution in [2.75, 3.05) is 17.7 Å². The summed E-state index contributed by atoms with van der Waals surface area (Å²) in [6, 6.07) is 2.63. The van der Waals surface area contributed by atoms with Crippen LogP contribution in [0.4, 0.5) is 11.6 Å². The fourth-order valence-electron chi connectivity index (χ4n) is 2.65. The first-order chi connectivity index (χ1) is 9.29. The van der Waals surface area contributed by atoms with Gasteiger partial charge in [-0.3, -0.25) is 0 Å². The Bertz CT molecular complexity index is 579. The number of hydrogen-bond donors (Lipinski definition) is 2. The molecular weight excluding hydrogens is 256 g/mol. The number of aryl methyl sites for hydroxylation is 1. The van der Waals surface area contributed by atoms with Crippen LogP contribution in [0.25, 0.3) is 0 Å². The molecule has 0 aromatic carbocycles. The van der Waals surface area contributed by atoms with Crippen LogP contribution in [0.3, 0.4) is 0 Å². The fourth-order valence-corrected chi connectivity index (χ4v) is 3.64. The molecule has 19 heavy (non-hydrogen) atoms. The zero-order valence-corrected chi connectivity index (χ0v) is 12.0. The molecule has 0 amide bonds. The molecule has 0 saturated heterocycles. The third-order valence-corrected chi connectivity index (χ3v) is 4.68. The van der Waals surface area contributed by atoms with Gasteiger partial charge in [0.25, 0.3) is 0 Å². The number of aromatic nitrogens is 2. The fraction of sp³-hybridized carbons (Fsp3) is 0.429. The molecule has 2 aromatic heterocycles. The van der Waals surface area contributed by atoms with E-state index in [1.54, 1.807) is 6.33 Å². The van der Waals surface area contributed by atoms with E-state index in [1.807, 2.05) is 25.3 Å². The maximum atomic E-state index is 4.38. The molecule has 0 aliphatic heterocycles. The lowest BCUT2D eigenvalue weighted by atomic mass is 9.94. The third kappa shape index (κ3) is 2.30. The molecule has 1 aliphatic rings. The number of fused-ring (bicyclic) bond motifs is 1. The third-order valence-electron chi connectivity index (χ3n) is 3.68. The highest BCUT2D eigenvalue weighted by Gasteiger charge is 2.22. The van der Waals surface area contributed by atoms with Gasteiger partial charge < -0.3 is 10.6 Å². The number of anilines is 2. The van der Waals surface area contributed by atoms with Crippen molar-refractivity contribution in [3.8, 4) is 0 Å². The van der Waals surface area contributed by atoms with E-state index in [0.29, 0.717) is 6.04 Å². The Labute approximate surface area is 117 Å². The van der Waals surface area contributed by atoms with Crippen molar-refractivity contribution >= 4 is 23.0 Å². The van der Waals surface area contributed by atoms with Crippen molar-refractivity contribution in [2.45, 2.75) is 32.2 Å². The van der Waals surface area contributed by atoms with Gasteiger partial charge in [0, 0.05) is 17.5 Å². The van der Waals surface area contributed by atoms with E-state index in [9.17, 15) is 0 Å². The maximum absolute atomic E-state index is 4.38. The Morgan fingerprint density at radius 3 is 3.00 bits per heavy atom. The molecule has 0 fully saturated rings. The monoisotopic (exact) mass is 274 g/mol. The highest BCUT2D eigenvalue weighted by molar-refractivity contribution is 7.10. The number of thiophene rings is 1. The van der Waals surface area contributed by atoms with Crippen LogP contribution in [0.5, 0.6) is 0 Å². The van der Waals surface area contributed by atoms with Crippen LogP contribution >= 0.6 is 11.3 Å². The average Bonchev–Trinajstić information content (AvgIpc) is 2.90. The van der Waals surface area contributed by atoms with E-state index in [4.69, 9.17) is 0 Å². The molecule has 5 heteroatoms. The van der Waals surface area contributed by atoms with Crippen LogP contribution in [-0.2, 0) is 6.42 Å². The number of nitrogens with one attached hydrogen (secondary N) is 2. The molecule has 1 atom stereocenters. The summed E-state index contributed by atoms with van der Waals surface area (Å²) in [5, 5.41) is 8.87. The van der Waals surface area contributed by atoms with Crippen molar-refractivity contribution < 1.29 is 0 Å². The molecule has 0 bridgehead atoms. The summed E-state index contributed by atoms with van der Waals surface area (Å²) in [6.07, 6.45) is 5.24. The molecule has 0 spiro atoms. The summed E-state index contributed by atoms with van der Waals surface area (Å²) >= 11 is 1.87. The Hall–Kier alpha value is -1.62. The smallest absolute Gasteiger partial charge is 0.134 e. The highest BCUT2D eigenvalue weighted by atomic mass is 32.1. The van der Waals surface area contributed by atoms with Gasteiger partial charge in [0.1, 0.15) is 18.0 Å². The molecular formula is C14H18N4S. The second kappa shape index (κ2) is 5.17. The summed E-state index contributed by atoms with van der Waals surface area (Å²) in [6.45, 7) is 2.05. The molecule has 1 aliphatic carbocycles. The minimum atomic E-state index is 0.383.